The molecule has 2 heterocycles. The summed E-state index contributed by atoms with van der Waals surface area (Å²) in [4.78, 5) is 29.1. The molecule has 0 radical (unpaired) electrons. The molecule has 0 aliphatic heterocycles. The second-order valence-corrected chi connectivity index (χ2v) is 10.2. The Labute approximate surface area is 220 Å². The normalized spacial score (nSPS) is 18.2. The molecule has 1 aliphatic carbocycles. The molecule has 1 fully saturated rings. The quantitative estimate of drug-likeness (QED) is 0.391. The molecule has 1 saturated carbocycles. The van der Waals surface area contributed by atoms with Gasteiger partial charge in [-0.1, -0.05) is 0 Å². The number of anilines is 1. The van der Waals surface area contributed by atoms with Gasteiger partial charge in [-0.2, -0.15) is 5.10 Å². The summed E-state index contributed by atoms with van der Waals surface area (Å²) in [7, 11) is 0. The lowest BCUT2D eigenvalue weighted by atomic mass is 10.1. The maximum absolute atomic E-state index is 14.3. The van der Waals surface area contributed by atoms with E-state index in [1.54, 1.807) is 25.3 Å². The lowest BCUT2D eigenvalue weighted by Gasteiger charge is -2.27. The number of benzene rings is 1. The van der Waals surface area contributed by atoms with Gasteiger partial charge in [0, 0.05) is 11.8 Å². The zero-order valence-corrected chi connectivity index (χ0v) is 22.3. The number of nitrogens with one attached hydrogen (secondary N) is 2. The van der Waals surface area contributed by atoms with Crippen LogP contribution in [0.5, 0.6) is 5.75 Å². The minimum atomic E-state index is -0.602. The van der Waals surface area contributed by atoms with Gasteiger partial charge >= 0.3 is 12.1 Å². The van der Waals surface area contributed by atoms with Crippen molar-refractivity contribution in [1.82, 2.24) is 19.9 Å². The minimum Gasteiger partial charge on any atom is -0.488 e. The number of rotatable bonds is 8. The van der Waals surface area contributed by atoms with E-state index in [9.17, 15) is 14.0 Å². The molecule has 1 aromatic carbocycles. The van der Waals surface area contributed by atoms with E-state index in [0.29, 0.717) is 22.8 Å². The number of aromatic nitrogens is 3. The van der Waals surface area contributed by atoms with Crippen molar-refractivity contribution in [1.29, 1.82) is 0 Å². The average molecular weight is 528 g/mol. The smallest absolute Gasteiger partial charge is 0.408 e. The highest BCUT2D eigenvalue weighted by atomic mass is 19.1. The number of alkyl carbamates (subject to hydrolysis) is 1. The van der Waals surface area contributed by atoms with E-state index in [2.05, 4.69) is 20.7 Å². The molecule has 204 valence electrons. The highest BCUT2D eigenvalue weighted by Gasteiger charge is 2.32. The van der Waals surface area contributed by atoms with Crippen LogP contribution in [0.15, 0.2) is 36.7 Å². The van der Waals surface area contributed by atoms with Crippen LogP contribution in [0.1, 0.15) is 75.8 Å². The van der Waals surface area contributed by atoms with E-state index in [-0.39, 0.29) is 24.3 Å². The van der Waals surface area contributed by atoms with E-state index < -0.39 is 29.5 Å². The van der Waals surface area contributed by atoms with Crippen molar-refractivity contribution in [3.63, 3.8) is 0 Å². The molecule has 3 aromatic rings. The fourth-order valence-electron chi connectivity index (χ4n) is 4.42. The van der Waals surface area contributed by atoms with Crippen LogP contribution in [0, 0.1) is 5.82 Å². The first-order valence-corrected chi connectivity index (χ1v) is 12.8. The predicted molar refractivity (Wildman–Crippen MR) is 139 cm³/mol. The monoisotopic (exact) mass is 527 g/mol. The standard InChI is InChI=1S/C27H34FN5O5/c1-6-36-25(34)19-15-29-33-13-12-23(32-24(19)33)30-16(2)18-14-17(28)10-11-21(18)37-22-9-7-8-20(22)31-26(35)38-27(3,4)5/h10-16,20,22H,6-9H2,1-5H3,(H,30,32)(H,31,35)/t16-,20+,22?/m1/s1. The van der Waals surface area contributed by atoms with E-state index in [1.807, 2.05) is 27.7 Å². The number of hydrogen-bond acceptors (Lipinski definition) is 8. The Hall–Kier alpha value is -3.89. The molecule has 0 bridgehead atoms. The first-order valence-electron chi connectivity index (χ1n) is 12.8. The Morgan fingerprint density at radius 3 is 2.76 bits per heavy atom. The highest BCUT2D eigenvalue weighted by Crippen LogP contribution is 2.32. The molecule has 1 aliphatic rings. The number of hydrogen-bond donors (Lipinski definition) is 2. The van der Waals surface area contributed by atoms with Crippen molar-refractivity contribution in [2.75, 3.05) is 11.9 Å². The number of esters is 1. The van der Waals surface area contributed by atoms with Gasteiger partial charge in [-0.05, 0) is 78.1 Å². The lowest BCUT2D eigenvalue weighted by molar-refractivity contribution is 0.0462. The van der Waals surface area contributed by atoms with Gasteiger partial charge in [0.1, 0.15) is 34.7 Å². The summed E-state index contributed by atoms with van der Waals surface area (Å²) in [5.41, 5.74) is 0.588. The summed E-state index contributed by atoms with van der Waals surface area (Å²) in [5.74, 6) is 0.0651. The lowest BCUT2D eigenvalue weighted by Crippen LogP contribution is -2.44. The van der Waals surface area contributed by atoms with Crippen molar-refractivity contribution in [3.05, 3.63) is 53.6 Å². The molecule has 3 atom stereocenters. The summed E-state index contributed by atoms with van der Waals surface area (Å²) < 4.78 is 32.6. The van der Waals surface area contributed by atoms with Gasteiger partial charge in [-0.15, -0.1) is 0 Å². The second kappa shape index (κ2) is 11.2. The summed E-state index contributed by atoms with van der Waals surface area (Å²) in [6.45, 7) is 9.26. The fraction of sp³-hybridized carbons (Fsp3) is 0.481. The zero-order valence-electron chi connectivity index (χ0n) is 22.3. The van der Waals surface area contributed by atoms with Crippen LogP contribution in [-0.2, 0) is 9.47 Å². The maximum Gasteiger partial charge on any atom is 0.408 e. The summed E-state index contributed by atoms with van der Waals surface area (Å²) in [6.07, 6.45) is 4.70. The number of ether oxygens (including phenoxy) is 3. The van der Waals surface area contributed by atoms with Crippen LogP contribution in [-0.4, -0.2) is 51.0 Å². The van der Waals surface area contributed by atoms with Crippen LogP contribution >= 0.6 is 0 Å². The van der Waals surface area contributed by atoms with Gasteiger partial charge in [-0.25, -0.2) is 23.5 Å². The van der Waals surface area contributed by atoms with Crippen molar-refractivity contribution < 1.29 is 28.2 Å². The highest BCUT2D eigenvalue weighted by molar-refractivity contribution is 5.95. The molecule has 10 nitrogen and oxygen atoms in total. The third kappa shape index (κ3) is 6.51. The second-order valence-electron chi connectivity index (χ2n) is 10.2. The first-order chi connectivity index (χ1) is 18.0. The molecule has 38 heavy (non-hydrogen) atoms. The fourth-order valence-corrected chi connectivity index (χ4v) is 4.42. The Balaban J connectivity index is 1.51. The van der Waals surface area contributed by atoms with Crippen molar-refractivity contribution in [3.8, 4) is 5.75 Å². The van der Waals surface area contributed by atoms with Gasteiger partial charge in [0.2, 0.25) is 0 Å². The average Bonchev–Trinajstić information content (AvgIpc) is 3.45. The molecule has 1 unspecified atom stereocenters. The molecular weight excluding hydrogens is 493 g/mol. The molecule has 1 amide bonds. The first kappa shape index (κ1) is 27.2. The number of nitrogens with zero attached hydrogens (tertiary/aromatic N) is 3. The van der Waals surface area contributed by atoms with Gasteiger partial charge in [-0.3, -0.25) is 0 Å². The number of carbonyl (C=O) groups is 2. The SMILES string of the molecule is CCOC(=O)c1cnn2ccc(N[C@H](C)c3cc(F)ccc3OC3CCC[C@@H]3NC(=O)OC(C)(C)C)nc12. The predicted octanol–water partition coefficient (Wildman–Crippen LogP) is 5.04. The van der Waals surface area contributed by atoms with Gasteiger partial charge in [0.25, 0.3) is 0 Å². The largest absolute Gasteiger partial charge is 0.488 e. The number of amides is 1. The third-order valence-corrected chi connectivity index (χ3v) is 6.10. The topological polar surface area (TPSA) is 116 Å². The van der Waals surface area contributed by atoms with Crippen LogP contribution in [0.2, 0.25) is 0 Å². The Bertz CT molecular complexity index is 1300. The molecule has 11 heteroatoms. The van der Waals surface area contributed by atoms with Crippen molar-refractivity contribution in [2.45, 2.75) is 77.7 Å². The van der Waals surface area contributed by atoms with E-state index in [1.165, 1.54) is 22.8 Å². The molecule has 0 saturated heterocycles. The van der Waals surface area contributed by atoms with E-state index >= 15 is 0 Å². The minimum absolute atomic E-state index is 0.224. The van der Waals surface area contributed by atoms with Crippen LogP contribution in [0.25, 0.3) is 5.65 Å². The maximum atomic E-state index is 14.3. The van der Waals surface area contributed by atoms with E-state index in [4.69, 9.17) is 14.2 Å². The van der Waals surface area contributed by atoms with Crippen LogP contribution < -0.4 is 15.4 Å². The Morgan fingerprint density at radius 1 is 1.24 bits per heavy atom. The summed E-state index contributed by atoms with van der Waals surface area (Å²) in [5, 5.41) is 10.3. The third-order valence-electron chi connectivity index (χ3n) is 6.10. The summed E-state index contributed by atoms with van der Waals surface area (Å²) in [6, 6.07) is 5.45. The number of fused-ring (bicyclic) bond motifs is 1. The number of carbonyl (C=O) groups excluding carboxylic acids is 2. The van der Waals surface area contributed by atoms with Crippen molar-refractivity contribution in [2.24, 2.45) is 0 Å². The van der Waals surface area contributed by atoms with Gasteiger partial charge < -0.3 is 24.8 Å². The molecule has 0 spiro atoms. The Morgan fingerprint density at radius 2 is 2.03 bits per heavy atom. The van der Waals surface area contributed by atoms with Crippen LogP contribution in [0.4, 0.5) is 15.0 Å². The molecule has 4 rings (SSSR count). The van der Waals surface area contributed by atoms with Crippen LogP contribution in [0.3, 0.4) is 0 Å². The molecular formula is C27H34FN5O5. The summed E-state index contributed by atoms with van der Waals surface area (Å²) >= 11 is 0. The van der Waals surface area contributed by atoms with Gasteiger partial charge in [0.15, 0.2) is 5.65 Å². The molecule has 2 N–H and O–H groups in total. The molecule has 2 aromatic heterocycles. The van der Waals surface area contributed by atoms with Crippen molar-refractivity contribution >= 4 is 23.5 Å². The Kier molecular flexibility index (Phi) is 8.03. The number of halogens is 1. The van der Waals surface area contributed by atoms with E-state index in [0.717, 1.165) is 19.3 Å². The zero-order chi connectivity index (χ0) is 27.4. The van der Waals surface area contributed by atoms with Gasteiger partial charge in [0.05, 0.1) is 24.9 Å².